The van der Waals surface area contributed by atoms with Gasteiger partial charge in [-0.05, 0) is 91.1 Å². The van der Waals surface area contributed by atoms with Gasteiger partial charge in [0.2, 0.25) is 0 Å². The van der Waals surface area contributed by atoms with E-state index in [0.717, 1.165) is 0 Å². The molecule has 0 amide bonds. The third-order valence-corrected chi connectivity index (χ3v) is 10.1. The number of hydrogen-bond donors (Lipinski definition) is 0. The number of nitrogens with zero attached hydrogens (tertiary/aromatic N) is 2. The molecule has 6 aromatic carbocycles. The molecular formula is C42H34N2. The van der Waals surface area contributed by atoms with Crippen LogP contribution in [0.5, 0.6) is 0 Å². The molecule has 2 heteroatoms. The van der Waals surface area contributed by atoms with Crippen LogP contribution in [0.1, 0.15) is 48.6 Å². The molecule has 44 heavy (non-hydrogen) atoms. The fourth-order valence-electron chi connectivity index (χ4n) is 8.00. The Morgan fingerprint density at radius 3 is 1.09 bits per heavy atom. The SMILES string of the molecule is c1ccc(C2CCC(c3cc(-n4c5ccccc5c5ccccc54)cc(-n4c5ccccc5c5ccccc54)c3)CC2)cc1. The Kier molecular flexibility index (Phi) is 5.94. The van der Waals surface area contributed by atoms with E-state index in [9.17, 15) is 0 Å². The van der Waals surface area contributed by atoms with E-state index in [2.05, 4.69) is 155 Å². The molecule has 0 spiro atoms. The second kappa shape index (κ2) is 10.3. The molecule has 2 nitrogen and oxygen atoms in total. The van der Waals surface area contributed by atoms with Crippen molar-refractivity contribution in [2.75, 3.05) is 0 Å². The molecule has 8 aromatic rings. The van der Waals surface area contributed by atoms with Gasteiger partial charge in [-0.1, -0.05) is 103 Å². The van der Waals surface area contributed by atoms with Gasteiger partial charge >= 0.3 is 0 Å². The molecule has 0 bridgehead atoms. The van der Waals surface area contributed by atoms with Gasteiger partial charge in [-0.3, -0.25) is 0 Å². The average Bonchev–Trinajstić information content (AvgIpc) is 3.62. The highest BCUT2D eigenvalue weighted by Gasteiger charge is 2.25. The average molecular weight is 567 g/mol. The smallest absolute Gasteiger partial charge is 0.0541 e. The quantitative estimate of drug-likeness (QED) is 0.200. The van der Waals surface area contributed by atoms with Crippen molar-refractivity contribution < 1.29 is 0 Å². The fourth-order valence-corrected chi connectivity index (χ4v) is 8.00. The lowest BCUT2D eigenvalue weighted by atomic mass is 9.76. The van der Waals surface area contributed by atoms with Crippen LogP contribution in [0.25, 0.3) is 55.0 Å². The van der Waals surface area contributed by atoms with E-state index >= 15 is 0 Å². The van der Waals surface area contributed by atoms with E-state index in [1.54, 1.807) is 0 Å². The van der Waals surface area contributed by atoms with Crippen LogP contribution in [0.2, 0.25) is 0 Å². The summed E-state index contributed by atoms with van der Waals surface area (Å²) in [5, 5.41) is 5.20. The molecule has 2 aromatic heterocycles. The maximum absolute atomic E-state index is 2.49. The zero-order valence-corrected chi connectivity index (χ0v) is 24.7. The zero-order valence-electron chi connectivity index (χ0n) is 24.7. The molecule has 0 atom stereocenters. The zero-order chi connectivity index (χ0) is 29.0. The molecule has 0 aliphatic heterocycles. The largest absolute Gasteiger partial charge is 0.309 e. The van der Waals surface area contributed by atoms with Crippen molar-refractivity contribution in [2.24, 2.45) is 0 Å². The standard InChI is InChI=1S/C42H34N2/c1-2-12-29(13-3-1)30-22-24-31(25-23-30)32-26-33(43-39-18-8-4-14-35(39)36-15-5-9-19-40(36)43)28-34(27-32)44-41-20-10-6-16-37(41)38-17-7-11-21-42(38)44/h1-21,26-28,30-31H,22-25H2. The van der Waals surface area contributed by atoms with Gasteiger partial charge in [0.25, 0.3) is 0 Å². The highest BCUT2D eigenvalue weighted by molar-refractivity contribution is 6.10. The fraction of sp³-hybridized carbons (Fsp3) is 0.143. The summed E-state index contributed by atoms with van der Waals surface area (Å²) in [7, 11) is 0. The Labute approximate surface area is 257 Å². The van der Waals surface area contributed by atoms with Crippen LogP contribution in [-0.4, -0.2) is 9.13 Å². The first-order valence-corrected chi connectivity index (χ1v) is 16.0. The third kappa shape index (κ3) is 4.02. The summed E-state index contributed by atoms with van der Waals surface area (Å²) in [6, 6.07) is 54.0. The van der Waals surface area contributed by atoms with Gasteiger partial charge in [0.15, 0.2) is 0 Å². The number of rotatable bonds is 4. The van der Waals surface area contributed by atoms with E-state index in [4.69, 9.17) is 0 Å². The van der Waals surface area contributed by atoms with Gasteiger partial charge in [-0.15, -0.1) is 0 Å². The Bertz CT molecular complexity index is 2060. The van der Waals surface area contributed by atoms with Crippen molar-refractivity contribution in [3.63, 3.8) is 0 Å². The summed E-state index contributed by atoms with van der Waals surface area (Å²) < 4.78 is 4.97. The van der Waals surface area contributed by atoms with Gasteiger partial charge in [0.05, 0.1) is 22.1 Å². The molecule has 0 N–H and O–H groups in total. The lowest BCUT2D eigenvalue weighted by Crippen LogP contribution is -2.13. The lowest BCUT2D eigenvalue weighted by Gasteiger charge is -2.30. The molecule has 0 unspecified atom stereocenters. The normalized spacial score (nSPS) is 17.2. The third-order valence-electron chi connectivity index (χ3n) is 10.1. The van der Waals surface area contributed by atoms with Gasteiger partial charge in [0.1, 0.15) is 0 Å². The first-order valence-electron chi connectivity index (χ1n) is 16.0. The minimum absolute atomic E-state index is 0.537. The van der Waals surface area contributed by atoms with Crippen LogP contribution in [0.4, 0.5) is 0 Å². The summed E-state index contributed by atoms with van der Waals surface area (Å²) in [4.78, 5) is 0. The molecule has 0 saturated heterocycles. The summed E-state index contributed by atoms with van der Waals surface area (Å²) in [6.07, 6.45) is 4.89. The monoisotopic (exact) mass is 566 g/mol. The second-order valence-corrected chi connectivity index (χ2v) is 12.5. The molecule has 212 valence electrons. The minimum atomic E-state index is 0.537. The van der Waals surface area contributed by atoms with Gasteiger partial charge < -0.3 is 9.13 Å². The van der Waals surface area contributed by atoms with Crippen LogP contribution < -0.4 is 0 Å². The molecule has 0 radical (unpaired) electrons. The summed E-state index contributed by atoms with van der Waals surface area (Å²) in [5.74, 6) is 1.19. The Balaban J connectivity index is 1.26. The lowest BCUT2D eigenvalue weighted by molar-refractivity contribution is 0.396. The van der Waals surface area contributed by atoms with Crippen LogP contribution >= 0.6 is 0 Å². The van der Waals surface area contributed by atoms with Crippen molar-refractivity contribution >= 4 is 43.6 Å². The molecule has 2 heterocycles. The second-order valence-electron chi connectivity index (χ2n) is 12.5. The van der Waals surface area contributed by atoms with Crippen LogP contribution in [0.3, 0.4) is 0 Å². The Hall–Kier alpha value is -5.08. The molecule has 9 rings (SSSR count). The van der Waals surface area contributed by atoms with Crippen molar-refractivity contribution in [2.45, 2.75) is 37.5 Å². The number of hydrogen-bond acceptors (Lipinski definition) is 0. The minimum Gasteiger partial charge on any atom is -0.309 e. The van der Waals surface area contributed by atoms with Crippen LogP contribution in [0, 0.1) is 0 Å². The van der Waals surface area contributed by atoms with E-state index in [-0.39, 0.29) is 0 Å². The topological polar surface area (TPSA) is 9.86 Å². The van der Waals surface area contributed by atoms with Gasteiger partial charge in [-0.2, -0.15) is 0 Å². The van der Waals surface area contributed by atoms with Gasteiger partial charge in [0, 0.05) is 32.9 Å². The molecule has 1 aliphatic carbocycles. The maximum Gasteiger partial charge on any atom is 0.0541 e. The van der Waals surface area contributed by atoms with Crippen molar-refractivity contribution in [3.8, 4) is 11.4 Å². The van der Waals surface area contributed by atoms with E-state index in [1.165, 1.54) is 91.8 Å². The molecular weight excluding hydrogens is 532 g/mol. The number of fused-ring (bicyclic) bond motifs is 6. The highest BCUT2D eigenvalue weighted by Crippen LogP contribution is 2.43. The molecule has 1 aliphatic rings. The number of para-hydroxylation sites is 4. The predicted octanol–water partition coefficient (Wildman–Crippen LogP) is 11.3. The summed E-state index contributed by atoms with van der Waals surface area (Å²) in [5.41, 5.74) is 10.4. The van der Waals surface area contributed by atoms with Gasteiger partial charge in [-0.25, -0.2) is 0 Å². The highest BCUT2D eigenvalue weighted by atomic mass is 15.0. The van der Waals surface area contributed by atoms with Crippen molar-refractivity contribution in [1.29, 1.82) is 0 Å². The summed E-state index contributed by atoms with van der Waals surface area (Å²) >= 11 is 0. The summed E-state index contributed by atoms with van der Waals surface area (Å²) in [6.45, 7) is 0. The Morgan fingerprint density at radius 2 is 0.682 bits per heavy atom. The van der Waals surface area contributed by atoms with Crippen molar-refractivity contribution in [1.82, 2.24) is 9.13 Å². The molecule has 1 saturated carbocycles. The first-order chi connectivity index (χ1) is 21.8. The Morgan fingerprint density at radius 1 is 0.341 bits per heavy atom. The van der Waals surface area contributed by atoms with Crippen LogP contribution in [-0.2, 0) is 0 Å². The van der Waals surface area contributed by atoms with E-state index < -0.39 is 0 Å². The first kappa shape index (κ1) is 25.4. The molecule has 1 fully saturated rings. The van der Waals surface area contributed by atoms with Crippen molar-refractivity contribution in [3.05, 3.63) is 157 Å². The number of aromatic nitrogens is 2. The predicted molar refractivity (Wildman–Crippen MR) is 186 cm³/mol. The number of benzene rings is 6. The van der Waals surface area contributed by atoms with Crippen LogP contribution in [0.15, 0.2) is 146 Å². The van der Waals surface area contributed by atoms with E-state index in [1.807, 2.05) is 0 Å². The van der Waals surface area contributed by atoms with E-state index in [0.29, 0.717) is 11.8 Å². The maximum atomic E-state index is 2.49.